The normalized spacial score (nSPS) is 11.4. The van der Waals surface area contributed by atoms with Crippen LogP contribution in [0.25, 0.3) is 0 Å². The molecular formula is C15H11F4NO3S. The number of ether oxygens (including phenoxy) is 1. The topological polar surface area (TPSA) is 69.4 Å². The standard InChI is InChI=1S/C15H11F4NO3S/c1-7-4-9(13(20)24-7)14(22)23-6-12(21)8-2-3-11(16)10(5-8)15(17,18)19/h2-5H,6,20H2,1H3. The number of ketones is 1. The highest BCUT2D eigenvalue weighted by atomic mass is 32.1. The summed E-state index contributed by atoms with van der Waals surface area (Å²) in [5.41, 5.74) is 3.72. The van der Waals surface area contributed by atoms with Crippen LogP contribution in [0.4, 0.5) is 22.6 Å². The van der Waals surface area contributed by atoms with Crippen molar-refractivity contribution in [2.75, 3.05) is 12.3 Å². The highest BCUT2D eigenvalue weighted by Gasteiger charge is 2.34. The van der Waals surface area contributed by atoms with Gasteiger partial charge in [0.1, 0.15) is 10.8 Å². The van der Waals surface area contributed by atoms with E-state index in [-0.39, 0.29) is 10.6 Å². The number of rotatable bonds is 4. The number of carbonyl (C=O) groups is 2. The average molecular weight is 361 g/mol. The minimum Gasteiger partial charge on any atom is -0.454 e. The van der Waals surface area contributed by atoms with Crippen LogP contribution in [0.1, 0.15) is 31.2 Å². The van der Waals surface area contributed by atoms with E-state index >= 15 is 0 Å². The number of nitrogens with two attached hydrogens (primary N) is 1. The summed E-state index contributed by atoms with van der Waals surface area (Å²) in [6.07, 6.45) is -4.93. The van der Waals surface area contributed by atoms with E-state index in [1.54, 1.807) is 6.92 Å². The van der Waals surface area contributed by atoms with E-state index in [4.69, 9.17) is 10.5 Å². The Kier molecular flexibility index (Phi) is 4.93. The van der Waals surface area contributed by atoms with Gasteiger partial charge < -0.3 is 10.5 Å². The van der Waals surface area contributed by atoms with Crippen LogP contribution in [-0.4, -0.2) is 18.4 Å². The molecule has 2 rings (SSSR count). The zero-order chi connectivity index (χ0) is 18.1. The molecule has 128 valence electrons. The van der Waals surface area contributed by atoms with Crippen molar-refractivity contribution in [2.45, 2.75) is 13.1 Å². The maximum absolute atomic E-state index is 13.2. The maximum atomic E-state index is 13.2. The van der Waals surface area contributed by atoms with Crippen LogP contribution in [0.5, 0.6) is 0 Å². The predicted octanol–water partition coefficient (Wildman–Crippen LogP) is 3.84. The molecule has 0 unspecified atom stereocenters. The molecular weight excluding hydrogens is 350 g/mol. The second-order valence-electron chi connectivity index (χ2n) is 4.83. The number of nitrogen functional groups attached to an aromatic ring is 1. The van der Waals surface area contributed by atoms with Crippen molar-refractivity contribution in [3.63, 3.8) is 0 Å². The molecule has 4 nitrogen and oxygen atoms in total. The van der Waals surface area contributed by atoms with Gasteiger partial charge in [-0.3, -0.25) is 4.79 Å². The Bertz CT molecular complexity index is 799. The summed E-state index contributed by atoms with van der Waals surface area (Å²) in [6, 6.07) is 3.29. The van der Waals surface area contributed by atoms with E-state index in [0.717, 1.165) is 22.3 Å². The van der Waals surface area contributed by atoms with Crippen molar-refractivity contribution in [3.8, 4) is 0 Å². The number of benzene rings is 1. The number of anilines is 1. The van der Waals surface area contributed by atoms with E-state index in [1.807, 2.05) is 0 Å². The van der Waals surface area contributed by atoms with Crippen LogP contribution in [0.2, 0.25) is 0 Å². The van der Waals surface area contributed by atoms with Crippen LogP contribution < -0.4 is 5.73 Å². The summed E-state index contributed by atoms with van der Waals surface area (Å²) in [7, 11) is 0. The van der Waals surface area contributed by atoms with E-state index in [9.17, 15) is 27.2 Å². The van der Waals surface area contributed by atoms with Crippen molar-refractivity contribution >= 4 is 28.1 Å². The largest absolute Gasteiger partial charge is 0.454 e. The molecule has 0 saturated carbocycles. The Morgan fingerprint density at radius 3 is 2.46 bits per heavy atom. The van der Waals surface area contributed by atoms with E-state index in [1.165, 1.54) is 6.07 Å². The van der Waals surface area contributed by atoms with E-state index < -0.39 is 41.5 Å². The van der Waals surface area contributed by atoms with Crippen LogP contribution in [0, 0.1) is 12.7 Å². The van der Waals surface area contributed by atoms with Gasteiger partial charge in [-0.1, -0.05) is 0 Å². The lowest BCUT2D eigenvalue weighted by molar-refractivity contribution is -0.140. The molecule has 1 heterocycles. The first-order valence-electron chi connectivity index (χ1n) is 6.52. The molecule has 2 aromatic rings. The zero-order valence-corrected chi connectivity index (χ0v) is 13.1. The minimum absolute atomic E-state index is 0.0837. The summed E-state index contributed by atoms with van der Waals surface area (Å²) in [5, 5.41) is 0.214. The molecule has 9 heteroatoms. The number of Topliss-reactive ketones (excluding diaryl/α,β-unsaturated/α-hetero) is 1. The molecule has 2 N–H and O–H groups in total. The summed E-state index contributed by atoms with van der Waals surface area (Å²) < 4.78 is 55.8. The molecule has 0 saturated heterocycles. The van der Waals surface area contributed by atoms with E-state index in [0.29, 0.717) is 12.1 Å². The summed E-state index contributed by atoms with van der Waals surface area (Å²) in [6.45, 7) is 0.941. The minimum atomic E-state index is -4.93. The third kappa shape index (κ3) is 3.91. The number of carbonyl (C=O) groups excluding carboxylic acids is 2. The second kappa shape index (κ2) is 6.60. The van der Waals surface area contributed by atoms with Crippen molar-refractivity contribution in [3.05, 3.63) is 51.7 Å². The lowest BCUT2D eigenvalue weighted by Crippen LogP contribution is -2.16. The first kappa shape index (κ1) is 17.9. The fourth-order valence-corrected chi connectivity index (χ4v) is 2.68. The number of halogens is 4. The quantitative estimate of drug-likeness (QED) is 0.510. The zero-order valence-electron chi connectivity index (χ0n) is 12.2. The first-order chi connectivity index (χ1) is 11.1. The molecule has 0 aliphatic heterocycles. The highest BCUT2D eigenvalue weighted by Crippen LogP contribution is 2.32. The average Bonchev–Trinajstić information content (AvgIpc) is 2.82. The molecule has 0 aliphatic rings. The van der Waals surface area contributed by atoms with Crippen molar-refractivity contribution in [2.24, 2.45) is 0 Å². The lowest BCUT2D eigenvalue weighted by Gasteiger charge is -2.10. The summed E-state index contributed by atoms with van der Waals surface area (Å²) in [4.78, 5) is 24.4. The van der Waals surface area contributed by atoms with Gasteiger partial charge in [-0.15, -0.1) is 11.3 Å². The molecule has 1 aromatic carbocycles. The van der Waals surface area contributed by atoms with Gasteiger partial charge in [-0.25, -0.2) is 9.18 Å². The molecule has 0 spiro atoms. The molecule has 0 atom stereocenters. The Labute approximate surface area is 137 Å². The highest BCUT2D eigenvalue weighted by molar-refractivity contribution is 7.16. The van der Waals surface area contributed by atoms with Crippen LogP contribution in [0.3, 0.4) is 0 Å². The maximum Gasteiger partial charge on any atom is 0.419 e. The number of esters is 1. The van der Waals surface area contributed by atoms with Gasteiger partial charge in [0.05, 0.1) is 11.1 Å². The van der Waals surface area contributed by atoms with Gasteiger partial charge in [0.25, 0.3) is 0 Å². The molecule has 24 heavy (non-hydrogen) atoms. The molecule has 1 aromatic heterocycles. The summed E-state index contributed by atoms with van der Waals surface area (Å²) >= 11 is 1.16. The van der Waals surface area contributed by atoms with Crippen LogP contribution in [-0.2, 0) is 10.9 Å². The predicted molar refractivity (Wildman–Crippen MR) is 79.5 cm³/mol. The third-order valence-electron chi connectivity index (χ3n) is 3.03. The Balaban J connectivity index is 2.10. The van der Waals surface area contributed by atoms with Gasteiger partial charge in [0, 0.05) is 10.4 Å². The van der Waals surface area contributed by atoms with Gasteiger partial charge in [0.2, 0.25) is 0 Å². The van der Waals surface area contributed by atoms with Crippen molar-refractivity contribution in [1.29, 1.82) is 0 Å². The van der Waals surface area contributed by atoms with Gasteiger partial charge >= 0.3 is 12.1 Å². The second-order valence-corrected chi connectivity index (χ2v) is 6.11. The smallest absolute Gasteiger partial charge is 0.419 e. The third-order valence-corrected chi connectivity index (χ3v) is 3.91. The monoisotopic (exact) mass is 361 g/mol. The van der Waals surface area contributed by atoms with Crippen molar-refractivity contribution < 1.29 is 31.9 Å². The SMILES string of the molecule is Cc1cc(C(=O)OCC(=O)c2ccc(F)c(C(F)(F)F)c2)c(N)s1. The Morgan fingerprint density at radius 1 is 1.25 bits per heavy atom. The first-order valence-corrected chi connectivity index (χ1v) is 7.34. The molecule has 0 fully saturated rings. The Hall–Kier alpha value is -2.42. The summed E-state index contributed by atoms with van der Waals surface area (Å²) in [5.74, 6) is -3.24. The number of alkyl halides is 3. The molecule has 0 aliphatic carbocycles. The number of thiophene rings is 1. The van der Waals surface area contributed by atoms with Crippen molar-refractivity contribution in [1.82, 2.24) is 0 Å². The fraction of sp³-hybridized carbons (Fsp3) is 0.200. The van der Waals surface area contributed by atoms with Crippen LogP contribution >= 0.6 is 11.3 Å². The van der Waals surface area contributed by atoms with Gasteiger partial charge in [-0.2, -0.15) is 13.2 Å². The van der Waals surface area contributed by atoms with E-state index in [2.05, 4.69) is 0 Å². The lowest BCUT2D eigenvalue weighted by atomic mass is 10.1. The van der Waals surface area contributed by atoms with Gasteiger partial charge in [0.15, 0.2) is 12.4 Å². The molecule has 0 amide bonds. The molecule has 0 bridgehead atoms. The fourth-order valence-electron chi connectivity index (χ4n) is 1.90. The number of aryl methyl sites for hydroxylation is 1. The number of hydrogen-bond acceptors (Lipinski definition) is 5. The van der Waals surface area contributed by atoms with Gasteiger partial charge in [-0.05, 0) is 31.2 Å². The molecule has 0 radical (unpaired) electrons. The Morgan fingerprint density at radius 2 is 1.92 bits per heavy atom. The number of hydrogen-bond donors (Lipinski definition) is 1. The van der Waals surface area contributed by atoms with Crippen LogP contribution in [0.15, 0.2) is 24.3 Å².